The van der Waals surface area contributed by atoms with E-state index in [1.165, 1.54) is 17.9 Å². The summed E-state index contributed by atoms with van der Waals surface area (Å²) >= 11 is 0. The van der Waals surface area contributed by atoms with E-state index >= 15 is 4.39 Å². The third kappa shape index (κ3) is 4.33. The molecule has 3 heterocycles. The number of nitrogens with zero attached hydrogens (tertiary/aromatic N) is 5. The minimum Gasteiger partial charge on any atom is -0.442 e. The van der Waals surface area contributed by atoms with Crippen LogP contribution in [0.4, 0.5) is 20.6 Å². The number of nitrogens with one attached hydrogen (secondary N) is 1. The summed E-state index contributed by atoms with van der Waals surface area (Å²) in [5, 5.41) is 11.8. The van der Waals surface area contributed by atoms with E-state index in [1.54, 1.807) is 16.9 Å². The number of rotatable bonds is 5. The minimum atomic E-state index is -0.544. The molecule has 33 heavy (non-hydrogen) atoms. The molecule has 172 valence electrons. The molecule has 2 saturated heterocycles. The summed E-state index contributed by atoms with van der Waals surface area (Å²) in [5.41, 5.74) is 2.70. The molecule has 2 aromatic carbocycles. The van der Waals surface area contributed by atoms with Gasteiger partial charge in [0, 0.05) is 20.0 Å². The highest BCUT2D eigenvalue weighted by molar-refractivity contribution is 5.90. The number of aromatic nitrogens is 3. The summed E-state index contributed by atoms with van der Waals surface area (Å²) in [6.45, 7) is 3.26. The van der Waals surface area contributed by atoms with E-state index in [2.05, 4.69) is 15.5 Å². The fourth-order valence-electron chi connectivity index (χ4n) is 4.39. The molecule has 2 fully saturated rings. The first-order valence-electron chi connectivity index (χ1n) is 11.1. The number of amides is 2. The van der Waals surface area contributed by atoms with Crippen molar-refractivity contribution in [2.75, 3.05) is 36.0 Å². The number of cyclic esters (lactones) is 1. The summed E-state index contributed by atoms with van der Waals surface area (Å²) in [6, 6.07) is 12.8. The smallest absolute Gasteiger partial charge is 0.414 e. The topological polar surface area (TPSA) is 92.6 Å². The normalized spacial score (nSPS) is 19.2. The van der Waals surface area contributed by atoms with Crippen molar-refractivity contribution in [3.8, 4) is 0 Å². The molecule has 1 aromatic heterocycles. The lowest BCUT2D eigenvalue weighted by atomic mass is 10.0. The van der Waals surface area contributed by atoms with Crippen LogP contribution in [0.25, 0.3) is 11.0 Å². The molecule has 2 aliphatic heterocycles. The highest BCUT2D eigenvalue weighted by atomic mass is 19.1. The Balaban J connectivity index is 1.23. The molecule has 9 nitrogen and oxygen atoms in total. The monoisotopic (exact) mass is 452 g/mol. The Hall–Kier alpha value is -3.69. The third-order valence-corrected chi connectivity index (χ3v) is 6.13. The van der Waals surface area contributed by atoms with Crippen LogP contribution >= 0.6 is 0 Å². The highest BCUT2D eigenvalue weighted by Gasteiger charge is 2.33. The van der Waals surface area contributed by atoms with Crippen molar-refractivity contribution in [1.29, 1.82) is 0 Å². The number of benzene rings is 2. The van der Waals surface area contributed by atoms with Gasteiger partial charge >= 0.3 is 6.09 Å². The van der Waals surface area contributed by atoms with Crippen LogP contribution in [0, 0.1) is 5.82 Å². The molecule has 3 aromatic rings. The fourth-order valence-corrected chi connectivity index (χ4v) is 4.39. The first-order valence-corrected chi connectivity index (χ1v) is 11.1. The van der Waals surface area contributed by atoms with Gasteiger partial charge in [0.1, 0.15) is 23.0 Å². The molecule has 0 saturated carbocycles. The third-order valence-electron chi connectivity index (χ3n) is 6.13. The highest BCUT2D eigenvalue weighted by Crippen LogP contribution is 2.31. The van der Waals surface area contributed by atoms with Crippen molar-refractivity contribution in [2.45, 2.75) is 31.9 Å². The second-order valence-electron chi connectivity index (χ2n) is 8.42. The Bertz CT molecular complexity index is 1160. The Morgan fingerprint density at radius 2 is 1.85 bits per heavy atom. The lowest BCUT2D eigenvalue weighted by molar-refractivity contribution is -0.119. The van der Waals surface area contributed by atoms with Crippen molar-refractivity contribution < 1.29 is 18.7 Å². The van der Waals surface area contributed by atoms with Gasteiger partial charge in [-0.25, -0.2) is 9.18 Å². The molecule has 1 N–H and O–H groups in total. The van der Waals surface area contributed by atoms with Gasteiger partial charge in [0.25, 0.3) is 0 Å². The Morgan fingerprint density at radius 3 is 2.48 bits per heavy atom. The molecule has 0 spiro atoms. The Kier molecular flexibility index (Phi) is 5.57. The van der Waals surface area contributed by atoms with Crippen LogP contribution in [-0.2, 0) is 9.53 Å². The van der Waals surface area contributed by atoms with E-state index in [9.17, 15) is 9.59 Å². The fraction of sp³-hybridized carbons (Fsp3) is 0.391. The summed E-state index contributed by atoms with van der Waals surface area (Å²) in [7, 11) is 0. The maximum atomic E-state index is 15.0. The first kappa shape index (κ1) is 21.2. The van der Waals surface area contributed by atoms with Crippen molar-refractivity contribution in [3.63, 3.8) is 0 Å². The average molecular weight is 452 g/mol. The van der Waals surface area contributed by atoms with Crippen LogP contribution in [0.5, 0.6) is 0 Å². The molecule has 1 atom stereocenters. The molecule has 10 heteroatoms. The number of ether oxygens (including phenoxy) is 1. The summed E-state index contributed by atoms with van der Waals surface area (Å²) < 4.78 is 20.3. The van der Waals surface area contributed by atoms with Gasteiger partial charge in [-0.1, -0.05) is 12.1 Å². The predicted octanol–water partition coefficient (Wildman–Crippen LogP) is 2.87. The number of halogens is 1. The maximum Gasteiger partial charge on any atom is 0.414 e. The van der Waals surface area contributed by atoms with Crippen LogP contribution in [0.1, 0.15) is 25.8 Å². The maximum absolute atomic E-state index is 15.0. The van der Waals surface area contributed by atoms with Gasteiger partial charge < -0.3 is 15.0 Å². The standard InChI is InChI=1S/C23H25FN6O3/c1-15(31)25-13-18-14-29(23(32)33-18)17-6-7-22(19(24)12-17)28-10-8-16(9-11-28)30-26-20-4-2-3-5-21(20)27-30/h2-7,12,16,18H,8-11,13-14H2,1H3,(H,25,31)/t18-/m0/s1. The van der Waals surface area contributed by atoms with Crippen molar-refractivity contribution >= 4 is 34.4 Å². The summed E-state index contributed by atoms with van der Waals surface area (Å²) in [5.74, 6) is -0.577. The Labute approximate surface area is 190 Å². The quantitative estimate of drug-likeness (QED) is 0.640. The minimum absolute atomic E-state index is 0.177. The van der Waals surface area contributed by atoms with E-state index in [1.807, 2.05) is 29.2 Å². The van der Waals surface area contributed by atoms with Gasteiger partial charge in [0.05, 0.1) is 30.5 Å². The zero-order valence-corrected chi connectivity index (χ0v) is 18.3. The van der Waals surface area contributed by atoms with Crippen LogP contribution in [0.3, 0.4) is 0 Å². The van der Waals surface area contributed by atoms with Crippen LogP contribution in [0.2, 0.25) is 0 Å². The number of hydrogen-bond donors (Lipinski definition) is 1. The van der Waals surface area contributed by atoms with Crippen LogP contribution < -0.4 is 15.1 Å². The molecule has 0 aliphatic carbocycles. The molecule has 0 radical (unpaired) electrons. The first-order chi connectivity index (χ1) is 16.0. The van der Waals surface area contributed by atoms with Crippen LogP contribution in [0.15, 0.2) is 42.5 Å². The number of carbonyl (C=O) groups excluding carboxylic acids is 2. The van der Waals surface area contributed by atoms with Gasteiger partial charge in [0.2, 0.25) is 5.91 Å². The average Bonchev–Trinajstić information content (AvgIpc) is 3.41. The Morgan fingerprint density at radius 1 is 1.15 bits per heavy atom. The largest absolute Gasteiger partial charge is 0.442 e. The van der Waals surface area contributed by atoms with Crippen molar-refractivity contribution in [1.82, 2.24) is 20.3 Å². The van der Waals surface area contributed by atoms with E-state index in [4.69, 9.17) is 4.74 Å². The van der Waals surface area contributed by atoms with E-state index in [-0.39, 0.29) is 30.9 Å². The predicted molar refractivity (Wildman–Crippen MR) is 121 cm³/mol. The van der Waals surface area contributed by atoms with Gasteiger partial charge in [0.15, 0.2) is 0 Å². The molecular formula is C23H25FN6O3. The van der Waals surface area contributed by atoms with E-state index < -0.39 is 12.2 Å². The zero-order chi connectivity index (χ0) is 22.9. The number of carbonyl (C=O) groups is 2. The molecular weight excluding hydrogens is 427 g/mol. The zero-order valence-electron chi connectivity index (χ0n) is 18.3. The molecule has 2 aliphatic rings. The number of fused-ring (bicyclic) bond motifs is 1. The van der Waals surface area contributed by atoms with Crippen molar-refractivity contribution in [2.24, 2.45) is 0 Å². The number of piperidine rings is 1. The molecule has 5 rings (SSSR count). The summed E-state index contributed by atoms with van der Waals surface area (Å²) in [6.07, 6.45) is 0.616. The molecule has 0 bridgehead atoms. The number of anilines is 2. The van der Waals surface area contributed by atoms with E-state index in [0.29, 0.717) is 24.5 Å². The van der Waals surface area contributed by atoms with Gasteiger partial charge in [-0.3, -0.25) is 9.69 Å². The lowest BCUT2D eigenvalue weighted by Gasteiger charge is -2.33. The van der Waals surface area contributed by atoms with Gasteiger partial charge in [-0.05, 0) is 43.2 Å². The summed E-state index contributed by atoms with van der Waals surface area (Å²) in [4.78, 5) is 28.5. The second-order valence-corrected chi connectivity index (χ2v) is 8.42. The number of hydrogen-bond acceptors (Lipinski definition) is 6. The molecule has 0 unspecified atom stereocenters. The van der Waals surface area contributed by atoms with Gasteiger partial charge in [-0.2, -0.15) is 15.0 Å². The van der Waals surface area contributed by atoms with Crippen molar-refractivity contribution in [3.05, 3.63) is 48.3 Å². The van der Waals surface area contributed by atoms with Gasteiger partial charge in [-0.15, -0.1) is 0 Å². The lowest BCUT2D eigenvalue weighted by Crippen LogP contribution is -2.36. The van der Waals surface area contributed by atoms with E-state index in [0.717, 1.165) is 23.9 Å². The van der Waals surface area contributed by atoms with Crippen LogP contribution in [-0.4, -0.2) is 59.3 Å². The molecule has 2 amide bonds. The SMILES string of the molecule is CC(=O)NC[C@H]1CN(c2ccc(N3CCC(n4nc5ccccc5n4)CC3)c(F)c2)C(=O)O1. The second kappa shape index (κ2) is 8.68.